The number of carbonyl (C=O) groups is 1. The van der Waals surface area contributed by atoms with Gasteiger partial charge in [-0.1, -0.05) is 42.1 Å². The van der Waals surface area contributed by atoms with Crippen molar-refractivity contribution in [3.63, 3.8) is 0 Å². The van der Waals surface area contributed by atoms with Crippen molar-refractivity contribution in [3.05, 3.63) is 65.5 Å². The highest BCUT2D eigenvalue weighted by atomic mass is 32.2. The lowest BCUT2D eigenvalue weighted by molar-refractivity contribution is -0.120. The summed E-state index contributed by atoms with van der Waals surface area (Å²) in [5.41, 5.74) is 3.09. The SMILES string of the molecule is COc1ccccc1CNC(=O)C(C)Sc1nnc(C)n1-c1cccc(C)c1. The Kier molecular flexibility index (Phi) is 6.36. The van der Waals surface area contributed by atoms with Crippen molar-refractivity contribution in [2.45, 2.75) is 37.7 Å². The number of thioether (sulfide) groups is 1. The Morgan fingerprint density at radius 1 is 1.18 bits per heavy atom. The fourth-order valence-corrected chi connectivity index (χ4v) is 3.81. The third-order valence-electron chi connectivity index (χ3n) is 4.35. The Labute approximate surface area is 169 Å². The maximum Gasteiger partial charge on any atom is 0.233 e. The largest absolute Gasteiger partial charge is 0.496 e. The van der Waals surface area contributed by atoms with Crippen molar-refractivity contribution < 1.29 is 9.53 Å². The summed E-state index contributed by atoms with van der Waals surface area (Å²) in [4.78, 5) is 12.6. The molecular weight excluding hydrogens is 372 g/mol. The number of benzene rings is 2. The predicted octanol–water partition coefficient (Wildman–Crippen LogP) is 3.69. The van der Waals surface area contributed by atoms with E-state index in [0.717, 1.165) is 28.4 Å². The molecule has 6 nitrogen and oxygen atoms in total. The van der Waals surface area contributed by atoms with Crippen LogP contribution < -0.4 is 10.1 Å². The summed E-state index contributed by atoms with van der Waals surface area (Å²) in [5.74, 6) is 1.49. The van der Waals surface area contributed by atoms with Crippen LogP contribution in [0.1, 0.15) is 23.9 Å². The summed E-state index contributed by atoms with van der Waals surface area (Å²) in [7, 11) is 1.62. The molecule has 1 heterocycles. The second kappa shape index (κ2) is 8.93. The van der Waals surface area contributed by atoms with Crippen molar-refractivity contribution >= 4 is 17.7 Å². The number of methoxy groups -OCH3 is 1. The average Bonchev–Trinajstić information content (AvgIpc) is 3.06. The number of para-hydroxylation sites is 1. The average molecular weight is 397 g/mol. The van der Waals surface area contributed by atoms with Crippen LogP contribution in [0.15, 0.2) is 53.7 Å². The van der Waals surface area contributed by atoms with Gasteiger partial charge in [0.1, 0.15) is 11.6 Å². The molecule has 0 aliphatic carbocycles. The minimum atomic E-state index is -0.318. The molecule has 0 spiro atoms. The first-order chi connectivity index (χ1) is 13.5. The van der Waals surface area contributed by atoms with Gasteiger partial charge in [-0.25, -0.2) is 0 Å². The molecule has 3 rings (SSSR count). The van der Waals surface area contributed by atoms with Crippen LogP contribution in [0.25, 0.3) is 5.69 Å². The molecule has 1 amide bonds. The molecule has 7 heteroatoms. The van der Waals surface area contributed by atoms with Crippen molar-refractivity contribution in [2.24, 2.45) is 0 Å². The number of nitrogens with one attached hydrogen (secondary N) is 1. The van der Waals surface area contributed by atoms with Crippen molar-refractivity contribution in [1.29, 1.82) is 0 Å². The van der Waals surface area contributed by atoms with E-state index in [1.807, 2.05) is 67.8 Å². The highest BCUT2D eigenvalue weighted by molar-refractivity contribution is 8.00. The zero-order valence-electron chi connectivity index (χ0n) is 16.5. The van der Waals surface area contributed by atoms with E-state index in [-0.39, 0.29) is 11.2 Å². The van der Waals surface area contributed by atoms with Crippen LogP contribution in [-0.2, 0) is 11.3 Å². The molecule has 0 radical (unpaired) electrons. The number of hydrogen-bond donors (Lipinski definition) is 1. The molecule has 1 atom stereocenters. The molecule has 0 aliphatic rings. The van der Waals surface area contributed by atoms with Gasteiger partial charge < -0.3 is 10.1 Å². The van der Waals surface area contributed by atoms with Crippen molar-refractivity contribution in [2.75, 3.05) is 7.11 Å². The van der Waals surface area contributed by atoms with Crippen LogP contribution in [-0.4, -0.2) is 33.0 Å². The molecule has 3 aromatic rings. The topological polar surface area (TPSA) is 69.0 Å². The van der Waals surface area contributed by atoms with Crippen LogP contribution in [0.3, 0.4) is 0 Å². The molecule has 1 N–H and O–H groups in total. The number of hydrogen-bond acceptors (Lipinski definition) is 5. The Balaban J connectivity index is 1.69. The first-order valence-corrected chi connectivity index (χ1v) is 9.93. The van der Waals surface area contributed by atoms with E-state index in [9.17, 15) is 4.79 Å². The smallest absolute Gasteiger partial charge is 0.233 e. The van der Waals surface area contributed by atoms with Crippen LogP contribution >= 0.6 is 11.8 Å². The number of aromatic nitrogens is 3. The van der Waals surface area contributed by atoms with Crippen LogP contribution in [0.5, 0.6) is 5.75 Å². The number of aryl methyl sites for hydroxylation is 2. The van der Waals surface area contributed by atoms with E-state index < -0.39 is 0 Å². The molecular formula is C21H24N4O2S. The van der Waals surface area contributed by atoms with E-state index in [1.165, 1.54) is 11.8 Å². The predicted molar refractivity (Wildman–Crippen MR) is 111 cm³/mol. The van der Waals surface area contributed by atoms with Gasteiger partial charge in [-0.2, -0.15) is 0 Å². The number of amides is 1. The molecule has 0 bridgehead atoms. The summed E-state index contributed by atoms with van der Waals surface area (Å²) in [6, 6.07) is 15.8. The van der Waals surface area contributed by atoms with E-state index in [4.69, 9.17) is 4.74 Å². The van der Waals surface area contributed by atoms with Gasteiger partial charge >= 0.3 is 0 Å². The van der Waals surface area contributed by atoms with Gasteiger partial charge in [0, 0.05) is 17.8 Å². The summed E-state index contributed by atoms with van der Waals surface area (Å²) in [5, 5.41) is 11.8. The number of rotatable bonds is 7. The minimum Gasteiger partial charge on any atom is -0.496 e. The fourth-order valence-electron chi connectivity index (χ4n) is 2.87. The molecule has 146 valence electrons. The molecule has 0 aliphatic heterocycles. The summed E-state index contributed by atoms with van der Waals surface area (Å²) in [6.45, 7) is 6.24. The summed E-state index contributed by atoms with van der Waals surface area (Å²) in [6.07, 6.45) is 0. The molecule has 0 saturated heterocycles. The molecule has 0 fully saturated rings. The van der Waals surface area contributed by atoms with Gasteiger partial charge in [0.2, 0.25) is 5.91 Å². The third-order valence-corrected chi connectivity index (χ3v) is 5.39. The summed E-state index contributed by atoms with van der Waals surface area (Å²) >= 11 is 1.39. The molecule has 1 aromatic heterocycles. The Bertz CT molecular complexity index is 971. The van der Waals surface area contributed by atoms with E-state index in [1.54, 1.807) is 7.11 Å². The number of ether oxygens (including phenoxy) is 1. The van der Waals surface area contributed by atoms with Gasteiger partial charge in [-0.15, -0.1) is 10.2 Å². The molecule has 0 saturated carbocycles. The standard InChI is InChI=1S/C21H24N4O2S/c1-14-8-7-10-18(12-14)25-16(3)23-24-21(25)28-15(2)20(26)22-13-17-9-5-6-11-19(17)27-4/h5-12,15H,13H2,1-4H3,(H,22,26). The van der Waals surface area contributed by atoms with Crippen molar-refractivity contribution in [3.8, 4) is 11.4 Å². The Hall–Kier alpha value is -2.80. The lowest BCUT2D eigenvalue weighted by atomic mass is 10.2. The fraction of sp³-hybridized carbons (Fsp3) is 0.286. The molecule has 1 unspecified atom stereocenters. The first kappa shape index (κ1) is 19.9. The van der Waals surface area contributed by atoms with Gasteiger partial charge in [0.05, 0.1) is 12.4 Å². The number of carbonyl (C=O) groups excluding carboxylic acids is 1. The van der Waals surface area contributed by atoms with E-state index >= 15 is 0 Å². The maximum absolute atomic E-state index is 12.6. The maximum atomic E-state index is 12.6. The van der Waals surface area contributed by atoms with Gasteiger partial charge in [-0.05, 0) is 44.5 Å². The monoisotopic (exact) mass is 396 g/mol. The summed E-state index contributed by atoms with van der Waals surface area (Å²) < 4.78 is 7.31. The highest BCUT2D eigenvalue weighted by Gasteiger charge is 2.20. The zero-order valence-corrected chi connectivity index (χ0v) is 17.3. The van der Waals surface area contributed by atoms with E-state index in [2.05, 4.69) is 21.6 Å². The first-order valence-electron chi connectivity index (χ1n) is 9.05. The molecule has 2 aromatic carbocycles. The second-order valence-corrected chi connectivity index (χ2v) is 7.80. The second-order valence-electron chi connectivity index (χ2n) is 6.49. The van der Waals surface area contributed by atoms with Crippen LogP contribution in [0, 0.1) is 13.8 Å². The lowest BCUT2D eigenvalue weighted by Crippen LogP contribution is -2.30. The van der Waals surface area contributed by atoms with Crippen molar-refractivity contribution in [1.82, 2.24) is 20.1 Å². The zero-order chi connectivity index (χ0) is 20.1. The minimum absolute atomic E-state index is 0.0626. The Morgan fingerprint density at radius 2 is 1.96 bits per heavy atom. The highest BCUT2D eigenvalue weighted by Crippen LogP contribution is 2.26. The van der Waals surface area contributed by atoms with E-state index in [0.29, 0.717) is 11.7 Å². The number of nitrogens with zero attached hydrogens (tertiary/aromatic N) is 3. The Morgan fingerprint density at radius 3 is 2.71 bits per heavy atom. The van der Waals surface area contributed by atoms with Gasteiger partial charge in [-0.3, -0.25) is 9.36 Å². The van der Waals surface area contributed by atoms with Gasteiger partial charge in [0.15, 0.2) is 5.16 Å². The molecule has 28 heavy (non-hydrogen) atoms. The third kappa shape index (κ3) is 4.54. The van der Waals surface area contributed by atoms with Crippen LogP contribution in [0.2, 0.25) is 0 Å². The normalized spacial score (nSPS) is 11.9. The lowest BCUT2D eigenvalue weighted by Gasteiger charge is -2.14. The van der Waals surface area contributed by atoms with Crippen LogP contribution in [0.4, 0.5) is 0 Å². The quantitative estimate of drug-likeness (QED) is 0.617. The van der Waals surface area contributed by atoms with Gasteiger partial charge in [0.25, 0.3) is 0 Å².